The van der Waals surface area contributed by atoms with Crippen LogP contribution in [0.25, 0.3) is 10.8 Å². The van der Waals surface area contributed by atoms with Crippen LogP contribution in [0.3, 0.4) is 0 Å². The van der Waals surface area contributed by atoms with Gasteiger partial charge in [-0.15, -0.1) is 0 Å². The van der Waals surface area contributed by atoms with Crippen LogP contribution in [-0.4, -0.2) is 13.9 Å². The molecule has 0 aliphatic heterocycles. The topological polar surface area (TPSA) is 86.4 Å². The van der Waals surface area contributed by atoms with Crippen molar-refractivity contribution in [1.29, 1.82) is 0 Å². The number of rotatable bonds is 1. The third kappa shape index (κ3) is 1.55. The summed E-state index contributed by atoms with van der Waals surface area (Å²) in [5.74, 6) is -0.215. The van der Waals surface area contributed by atoms with Crippen LogP contribution in [0.5, 0.6) is 5.75 Å². The Kier molecular flexibility index (Phi) is 2.34. The molecular formula is C10H8NO3S-. The van der Waals surface area contributed by atoms with E-state index in [1.807, 2.05) is 0 Å². The summed E-state index contributed by atoms with van der Waals surface area (Å²) in [6.07, 6.45) is 0. The van der Waals surface area contributed by atoms with E-state index in [1.165, 1.54) is 0 Å². The van der Waals surface area contributed by atoms with Crippen LogP contribution in [-0.2, 0) is 11.1 Å². The molecule has 0 fully saturated rings. The van der Waals surface area contributed by atoms with Crippen molar-refractivity contribution in [3.05, 3.63) is 30.3 Å². The van der Waals surface area contributed by atoms with Gasteiger partial charge in [-0.2, -0.15) is 0 Å². The Labute approximate surface area is 88.6 Å². The summed E-state index contributed by atoms with van der Waals surface area (Å²) in [7, 11) is 0. The van der Waals surface area contributed by atoms with Crippen LogP contribution in [0, 0.1) is 0 Å². The predicted octanol–water partition coefficient (Wildman–Crippen LogP) is 1.37. The second kappa shape index (κ2) is 3.52. The fraction of sp³-hybridized carbons (Fsp3) is 0. The zero-order valence-electron chi connectivity index (χ0n) is 7.64. The zero-order chi connectivity index (χ0) is 11.0. The number of fused-ring (bicyclic) bond motifs is 1. The normalized spacial score (nSPS) is 12.9. The molecule has 5 heteroatoms. The molecular weight excluding hydrogens is 214 g/mol. The molecule has 0 amide bonds. The summed E-state index contributed by atoms with van der Waals surface area (Å²) in [4.78, 5) is 0.0531. The van der Waals surface area contributed by atoms with Gasteiger partial charge in [0.15, 0.2) is 0 Å². The van der Waals surface area contributed by atoms with E-state index in [4.69, 9.17) is 5.73 Å². The number of nitrogens with two attached hydrogens (primary N) is 1. The standard InChI is InChI=1S/C10H9NO3S/c11-10-7-4-2-1-3-6(7)9(15(13)14)5-8(10)12/h1-5,12H,11H2,(H,13,14)/p-1. The SMILES string of the molecule is Nc1c(O)cc(S(=O)[O-])c2ccccc12. The van der Waals surface area contributed by atoms with Gasteiger partial charge in [0, 0.05) is 10.3 Å². The molecule has 0 aliphatic carbocycles. The second-order valence-corrected chi connectivity index (χ2v) is 4.00. The number of anilines is 1. The van der Waals surface area contributed by atoms with Crippen LogP contribution in [0.4, 0.5) is 5.69 Å². The Morgan fingerprint density at radius 2 is 1.87 bits per heavy atom. The molecule has 1 atom stereocenters. The number of hydrogen-bond donors (Lipinski definition) is 2. The first-order valence-corrected chi connectivity index (χ1v) is 5.28. The van der Waals surface area contributed by atoms with E-state index in [9.17, 15) is 13.9 Å². The van der Waals surface area contributed by atoms with Gasteiger partial charge in [0.1, 0.15) is 5.75 Å². The minimum atomic E-state index is -2.39. The van der Waals surface area contributed by atoms with Gasteiger partial charge in [-0.05, 0) is 22.5 Å². The zero-order valence-corrected chi connectivity index (χ0v) is 8.45. The Morgan fingerprint density at radius 1 is 1.27 bits per heavy atom. The van der Waals surface area contributed by atoms with Crippen LogP contribution < -0.4 is 5.73 Å². The first-order chi connectivity index (χ1) is 7.11. The van der Waals surface area contributed by atoms with E-state index in [2.05, 4.69) is 0 Å². The Balaban J connectivity index is 2.94. The maximum absolute atomic E-state index is 10.9. The van der Waals surface area contributed by atoms with Gasteiger partial charge in [0.25, 0.3) is 0 Å². The molecule has 2 aromatic rings. The monoisotopic (exact) mass is 222 g/mol. The van der Waals surface area contributed by atoms with Gasteiger partial charge in [-0.25, -0.2) is 0 Å². The van der Waals surface area contributed by atoms with Gasteiger partial charge < -0.3 is 15.4 Å². The predicted molar refractivity (Wildman–Crippen MR) is 57.2 cm³/mol. The Hall–Kier alpha value is -1.59. The Morgan fingerprint density at radius 3 is 2.47 bits per heavy atom. The van der Waals surface area contributed by atoms with Crippen molar-refractivity contribution >= 4 is 27.5 Å². The molecule has 78 valence electrons. The van der Waals surface area contributed by atoms with Gasteiger partial charge >= 0.3 is 0 Å². The lowest BCUT2D eigenvalue weighted by Gasteiger charge is -2.12. The number of phenols is 1. The molecule has 4 nitrogen and oxygen atoms in total. The summed E-state index contributed by atoms with van der Waals surface area (Å²) < 4.78 is 21.9. The number of phenolic OH excluding ortho intramolecular Hbond substituents is 1. The van der Waals surface area contributed by atoms with E-state index < -0.39 is 11.1 Å². The van der Waals surface area contributed by atoms with Gasteiger partial charge in [-0.1, -0.05) is 24.3 Å². The highest BCUT2D eigenvalue weighted by atomic mass is 32.2. The number of hydrogen-bond acceptors (Lipinski definition) is 4. The van der Waals surface area contributed by atoms with Gasteiger partial charge in [0.2, 0.25) is 0 Å². The Bertz CT molecular complexity index is 554. The largest absolute Gasteiger partial charge is 0.768 e. The molecule has 0 radical (unpaired) electrons. The number of aromatic hydroxyl groups is 1. The molecule has 0 saturated carbocycles. The third-order valence-electron chi connectivity index (χ3n) is 2.21. The fourth-order valence-electron chi connectivity index (χ4n) is 1.49. The number of nitrogen functional groups attached to an aromatic ring is 1. The molecule has 0 bridgehead atoms. The minimum Gasteiger partial charge on any atom is -0.768 e. The van der Waals surface area contributed by atoms with Crippen molar-refractivity contribution in [1.82, 2.24) is 0 Å². The second-order valence-electron chi connectivity index (χ2n) is 3.09. The summed E-state index contributed by atoms with van der Waals surface area (Å²) in [6, 6.07) is 7.92. The lowest BCUT2D eigenvalue weighted by atomic mass is 10.1. The maximum Gasteiger partial charge on any atom is 0.140 e. The lowest BCUT2D eigenvalue weighted by Crippen LogP contribution is -1.95. The molecule has 0 spiro atoms. The maximum atomic E-state index is 10.9. The smallest absolute Gasteiger partial charge is 0.140 e. The van der Waals surface area contributed by atoms with Crippen molar-refractivity contribution in [3.8, 4) is 5.75 Å². The van der Waals surface area contributed by atoms with E-state index in [-0.39, 0.29) is 16.3 Å². The van der Waals surface area contributed by atoms with Crippen LogP contribution >= 0.6 is 0 Å². The minimum absolute atomic E-state index is 0.0531. The van der Waals surface area contributed by atoms with Crippen LogP contribution in [0.15, 0.2) is 35.2 Å². The molecule has 0 aliphatic rings. The molecule has 0 heterocycles. The molecule has 2 rings (SSSR count). The molecule has 3 N–H and O–H groups in total. The van der Waals surface area contributed by atoms with Gasteiger partial charge in [-0.3, -0.25) is 4.21 Å². The molecule has 0 aromatic heterocycles. The molecule has 0 saturated heterocycles. The first-order valence-electron chi connectivity index (χ1n) is 4.20. The van der Waals surface area contributed by atoms with Crippen LogP contribution in [0.2, 0.25) is 0 Å². The average molecular weight is 222 g/mol. The molecule has 2 aromatic carbocycles. The van der Waals surface area contributed by atoms with Crippen LogP contribution in [0.1, 0.15) is 0 Å². The lowest BCUT2D eigenvalue weighted by molar-refractivity contribution is 0.476. The molecule has 1 unspecified atom stereocenters. The van der Waals surface area contributed by atoms with Crippen molar-refractivity contribution in [3.63, 3.8) is 0 Å². The van der Waals surface area contributed by atoms with E-state index in [0.29, 0.717) is 10.8 Å². The van der Waals surface area contributed by atoms with Crippen molar-refractivity contribution < 1.29 is 13.9 Å². The van der Waals surface area contributed by atoms with E-state index in [1.54, 1.807) is 24.3 Å². The fourth-order valence-corrected chi connectivity index (χ4v) is 2.05. The van der Waals surface area contributed by atoms with Crippen molar-refractivity contribution in [2.24, 2.45) is 0 Å². The van der Waals surface area contributed by atoms with E-state index in [0.717, 1.165) is 6.07 Å². The highest BCUT2D eigenvalue weighted by Crippen LogP contribution is 2.33. The average Bonchev–Trinajstić information content (AvgIpc) is 2.23. The van der Waals surface area contributed by atoms with Crippen molar-refractivity contribution in [2.75, 3.05) is 5.73 Å². The highest BCUT2D eigenvalue weighted by molar-refractivity contribution is 7.79. The quantitative estimate of drug-likeness (QED) is 0.433. The van der Waals surface area contributed by atoms with Crippen molar-refractivity contribution in [2.45, 2.75) is 4.90 Å². The van der Waals surface area contributed by atoms with Gasteiger partial charge in [0.05, 0.1) is 5.69 Å². The highest BCUT2D eigenvalue weighted by Gasteiger charge is 2.08. The molecule has 15 heavy (non-hydrogen) atoms. The number of benzene rings is 2. The third-order valence-corrected chi connectivity index (χ3v) is 2.90. The summed E-state index contributed by atoms with van der Waals surface area (Å²) in [5.41, 5.74) is 5.83. The summed E-state index contributed by atoms with van der Waals surface area (Å²) >= 11 is -2.39. The first kappa shape index (κ1) is 9.95. The summed E-state index contributed by atoms with van der Waals surface area (Å²) in [5, 5.41) is 10.5. The van der Waals surface area contributed by atoms with E-state index >= 15 is 0 Å². The summed E-state index contributed by atoms with van der Waals surface area (Å²) in [6.45, 7) is 0.